The van der Waals surface area contributed by atoms with Crippen LogP contribution in [0.4, 0.5) is 4.79 Å². The topological polar surface area (TPSA) is 113 Å². The fourth-order valence-electron chi connectivity index (χ4n) is 4.69. The first-order chi connectivity index (χ1) is 23.7. The lowest BCUT2D eigenvalue weighted by atomic mass is 10.1. The average molecular weight is 668 g/mol. The number of rotatable bonds is 17. The van der Waals surface area contributed by atoms with Gasteiger partial charge in [-0.15, -0.1) is 0 Å². The maximum atomic E-state index is 13.5. The van der Waals surface area contributed by atoms with Crippen LogP contribution in [0.15, 0.2) is 133 Å². The maximum Gasteiger partial charge on any atom is 0.412 e. The van der Waals surface area contributed by atoms with E-state index in [1.54, 1.807) is 20.8 Å². The van der Waals surface area contributed by atoms with E-state index < -0.39 is 36.0 Å². The highest BCUT2D eigenvalue weighted by Crippen LogP contribution is 2.20. The van der Waals surface area contributed by atoms with Gasteiger partial charge in [-0.3, -0.25) is 5.32 Å². The molecule has 0 radical (unpaired) electrons. The molecule has 4 aromatic carbocycles. The second-order valence-electron chi connectivity index (χ2n) is 12.4. The normalized spacial score (nSPS) is 13.6. The smallest absolute Gasteiger partial charge is 0.412 e. The van der Waals surface area contributed by atoms with E-state index in [4.69, 9.17) is 23.7 Å². The van der Waals surface area contributed by atoms with E-state index in [1.807, 2.05) is 121 Å². The largest absolute Gasteiger partial charge is 0.455 e. The molecule has 0 aliphatic carbocycles. The number of alkyl carbamates (subject to hydrolysis) is 1. The van der Waals surface area contributed by atoms with Crippen LogP contribution in [0.3, 0.4) is 0 Å². The van der Waals surface area contributed by atoms with E-state index in [0.29, 0.717) is 0 Å². The van der Waals surface area contributed by atoms with Crippen LogP contribution in [0.5, 0.6) is 0 Å². The Labute approximate surface area is 288 Å². The van der Waals surface area contributed by atoms with Crippen LogP contribution in [0, 0.1) is 0 Å². The Bertz CT molecular complexity index is 1570. The molecule has 0 bridgehead atoms. The zero-order valence-corrected chi connectivity index (χ0v) is 28.2. The van der Waals surface area contributed by atoms with Gasteiger partial charge in [0.2, 0.25) is 0 Å². The minimum atomic E-state index is -1.20. The van der Waals surface area contributed by atoms with Gasteiger partial charge in [-0.2, -0.15) is 0 Å². The van der Waals surface area contributed by atoms with Crippen molar-refractivity contribution in [3.63, 3.8) is 0 Å². The van der Waals surface area contributed by atoms with Crippen LogP contribution in [-0.2, 0) is 54.9 Å². The molecule has 9 heteroatoms. The molecule has 9 nitrogen and oxygen atoms in total. The Morgan fingerprint density at radius 2 is 1.12 bits per heavy atom. The van der Waals surface area contributed by atoms with Gasteiger partial charge in [0.15, 0.2) is 0 Å². The highest BCUT2D eigenvalue weighted by Gasteiger charge is 2.32. The van der Waals surface area contributed by atoms with Gasteiger partial charge in [0.25, 0.3) is 0 Å². The minimum absolute atomic E-state index is 0.0114. The molecule has 0 spiro atoms. The number of carbonyl (C=O) groups excluding carboxylic acids is 2. The molecule has 0 aromatic heterocycles. The number of aliphatic hydroxyl groups is 1. The first-order valence-electron chi connectivity index (χ1n) is 16.2. The summed E-state index contributed by atoms with van der Waals surface area (Å²) in [5.74, 6) is -0.811. The lowest BCUT2D eigenvalue weighted by Crippen LogP contribution is -2.44. The number of carbonyl (C=O) groups is 2. The first-order valence-corrected chi connectivity index (χ1v) is 16.2. The molecule has 4 aromatic rings. The fraction of sp³-hybridized carbons (Fsp3) is 0.300. The van der Waals surface area contributed by atoms with Gasteiger partial charge >= 0.3 is 12.1 Å². The number of amides is 1. The Morgan fingerprint density at radius 3 is 1.61 bits per heavy atom. The van der Waals surface area contributed by atoms with Crippen molar-refractivity contribution in [1.82, 2.24) is 5.32 Å². The van der Waals surface area contributed by atoms with Crippen LogP contribution in [0.25, 0.3) is 0 Å². The minimum Gasteiger partial charge on any atom is -0.455 e. The molecule has 2 N–H and O–H groups in total. The molecule has 0 fully saturated rings. The summed E-state index contributed by atoms with van der Waals surface area (Å²) in [7, 11) is 0. The number of hydrogen-bond acceptors (Lipinski definition) is 8. The second-order valence-corrected chi connectivity index (χ2v) is 12.4. The summed E-state index contributed by atoms with van der Waals surface area (Å²) in [6.07, 6.45) is -2.77. The zero-order valence-electron chi connectivity index (χ0n) is 28.2. The summed E-state index contributed by atoms with van der Waals surface area (Å²) in [5, 5.41) is 14.1. The molecule has 1 amide bonds. The fourth-order valence-corrected chi connectivity index (χ4v) is 4.69. The number of nitrogens with one attached hydrogen (secondary N) is 1. The second kappa shape index (κ2) is 19.3. The van der Waals surface area contributed by atoms with Gasteiger partial charge in [0.05, 0.1) is 26.4 Å². The highest BCUT2D eigenvalue weighted by atomic mass is 16.6. The van der Waals surface area contributed by atoms with E-state index in [2.05, 4.69) is 5.32 Å². The van der Waals surface area contributed by atoms with Crippen LogP contribution in [0.1, 0.15) is 43.0 Å². The van der Waals surface area contributed by atoms with Crippen molar-refractivity contribution in [2.24, 2.45) is 0 Å². The van der Waals surface area contributed by atoms with E-state index in [1.165, 1.54) is 6.08 Å². The maximum absolute atomic E-state index is 13.5. The molecule has 0 unspecified atom stereocenters. The summed E-state index contributed by atoms with van der Waals surface area (Å²) >= 11 is 0. The third-order valence-corrected chi connectivity index (χ3v) is 7.07. The molecular weight excluding hydrogens is 622 g/mol. The van der Waals surface area contributed by atoms with Crippen molar-refractivity contribution < 1.29 is 38.4 Å². The predicted octanol–water partition coefficient (Wildman–Crippen LogP) is 6.89. The lowest BCUT2D eigenvalue weighted by molar-refractivity contribution is -0.151. The molecule has 0 aliphatic rings. The summed E-state index contributed by atoms with van der Waals surface area (Å²) in [5.41, 5.74) is 2.34. The number of benzene rings is 4. The lowest BCUT2D eigenvalue weighted by Gasteiger charge is -2.30. The van der Waals surface area contributed by atoms with Gasteiger partial charge in [-0.25, -0.2) is 9.59 Å². The molecule has 0 heterocycles. The van der Waals surface area contributed by atoms with Crippen molar-refractivity contribution in [3.8, 4) is 0 Å². The Hall–Kier alpha value is -4.80. The number of esters is 1. The Morgan fingerprint density at radius 1 is 0.673 bits per heavy atom. The van der Waals surface area contributed by atoms with E-state index in [0.717, 1.165) is 22.3 Å². The molecule has 4 rings (SSSR count). The van der Waals surface area contributed by atoms with Crippen molar-refractivity contribution >= 4 is 12.1 Å². The van der Waals surface area contributed by atoms with Gasteiger partial charge in [0, 0.05) is 0 Å². The van der Waals surface area contributed by atoms with Crippen LogP contribution >= 0.6 is 0 Å². The van der Waals surface area contributed by atoms with Crippen LogP contribution < -0.4 is 5.32 Å². The third-order valence-electron chi connectivity index (χ3n) is 7.07. The number of ether oxygens (including phenoxy) is 5. The number of aliphatic hydroxyl groups excluding tert-OH is 1. The molecule has 0 aliphatic heterocycles. The standard InChI is InChI=1S/C40H45NO8/c1-40(2,3)49-38(43)34(41-39(44)48-28-33-22-14-7-15-23-33)24-36(46-26-31-18-10-5-11-19-31)37(47-27-32-20-12-6-13-21-32)35(42)29-45-25-30-16-8-4-9-17-30/h4-24,35-37,42H,25-29H2,1-3H3,(H,41,44)/b34-24-/t35-,36-,37-/m1/s1. The molecule has 0 saturated heterocycles. The summed E-state index contributed by atoms with van der Waals surface area (Å²) in [6, 6.07) is 37.7. The molecule has 3 atom stereocenters. The Balaban J connectivity index is 1.64. The molecule has 0 saturated carbocycles. The van der Waals surface area contributed by atoms with Crippen molar-refractivity contribution in [2.75, 3.05) is 6.61 Å². The first kappa shape index (κ1) is 37.0. The number of hydrogen-bond donors (Lipinski definition) is 2. The van der Waals surface area contributed by atoms with Gasteiger partial charge in [-0.1, -0.05) is 121 Å². The summed E-state index contributed by atoms with van der Waals surface area (Å²) in [6.45, 7) is 5.58. The van der Waals surface area contributed by atoms with Crippen LogP contribution in [0.2, 0.25) is 0 Å². The van der Waals surface area contributed by atoms with Crippen molar-refractivity contribution in [1.29, 1.82) is 0 Å². The highest BCUT2D eigenvalue weighted by molar-refractivity contribution is 5.92. The van der Waals surface area contributed by atoms with E-state index >= 15 is 0 Å². The van der Waals surface area contributed by atoms with Gasteiger partial charge in [0.1, 0.15) is 36.2 Å². The SMILES string of the molecule is CC(C)(C)OC(=O)/C(=C/[C@@H](OCc1ccccc1)[C@H](OCc1ccccc1)[C@H](O)COCc1ccccc1)NC(=O)OCc1ccccc1. The quantitative estimate of drug-likeness (QED) is 0.0926. The third kappa shape index (κ3) is 13.7. The van der Waals surface area contributed by atoms with Gasteiger partial charge < -0.3 is 28.8 Å². The average Bonchev–Trinajstić information content (AvgIpc) is 3.10. The Kier molecular flexibility index (Phi) is 14.6. The van der Waals surface area contributed by atoms with E-state index in [-0.39, 0.29) is 38.7 Å². The molecule has 258 valence electrons. The summed E-state index contributed by atoms with van der Waals surface area (Å²) in [4.78, 5) is 26.6. The van der Waals surface area contributed by atoms with Crippen molar-refractivity contribution in [3.05, 3.63) is 155 Å². The van der Waals surface area contributed by atoms with Crippen molar-refractivity contribution in [2.45, 2.75) is 71.1 Å². The zero-order chi connectivity index (χ0) is 34.9. The van der Waals surface area contributed by atoms with Crippen LogP contribution in [-0.4, -0.2) is 47.7 Å². The summed E-state index contributed by atoms with van der Waals surface area (Å²) < 4.78 is 29.7. The molecule has 49 heavy (non-hydrogen) atoms. The monoisotopic (exact) mass is 667 g/mol. The predicted molar refractivity (Wildman–Crippen MR) is 186 cm³/mol. The van der Waals surface area contributed by atoms with E-state index in [9.17, 15) is 14.7 Å². The van der Waals surface area contributed by atoms with Gasteiger partial charge in [-0.05, 0) is 49.1 Å². The molecular formula is C40H45NO8.